The third-order valence-corrected chi connectivity index (χ3v) is 4.15. The Hall–Kier alpha value is -1.33. The number of benzene rings is 1. The van der Waals surface area contributed by atoms with Gasteiger partial charge in [-0.05, 0) is 24.6 Å². The molecule has 1 heterocycles. The summed E-state index contributed by atoms with van der Waals surface area (Å²) >= 11 is 1.45. The fourth-order valence-electron chi connectivity index (χ4n) is 2.00. The van der Waals surface area contributed by atoms with Gasteiger partial charge in [-0.3, -0.25) is 0 Å². The molecule has 0 radical (unpaired) electrons. The van der Waals surface area contributed by atoms with E-state index in [1.807, 2.05) is 5.38 Å². The summed E-state index contributed by atoms with van der Waals surface area (Å²) < 4.78 is 26.6. The molecule has 2 rings (SSSR count). The van der Waals surface area contributed by atoms with Gasteiger partial charge in [0, 0.05) is 23.3 Å². The normalized spacial score (nSPS) is 15.0. The quantitative estimate of drug-likeness (QED) is 0.923. The molecule has 2 aromatic rings. The van der Waals surface area contributed by atoms with E-state index >= 15 is 0 Å². The van der Waals surface area contributed by atoms with Crippen molar-refractivity contribution in [1.29, 1.82) is 0 Å². The van der Waals surface area contributed by atoms with Crippen molar-refractivity contribution >= 4 is 11.3 Å². The zero-order valence-electron chi connectivity index (χ0n) is 12.6. The molecule has 0 saturated heterocycles. The minimum atomic E-state index is -1.37. The lowest BCUT2D eigenvalue weighted by atomic mass is 9.92. The Balaban J connectivity index is 2.26. The summed E-state index contributed by atoms with van der Waals surface area (Å²) in [7, 11) is 0. The molecule has 0 spiro atoms. The van der Waals surface area contributed by atoms with Gasteiger partial charge in [-0.15, -0.1) is 11.3 Å². The van der Waals surface area contributed by atoms with Crippen molar-refractivity contribution < 1.29 is 13.9 Å². The van der Waals surface area contributed by atoms with E-state index in [2.05, 4.69) is 25.8 Å². The molecule has 2 nitrogen and oxygen atoms in total. The van der Waals surface area contributed by atoms with Crippen LogP contribution in [0, 0.1) is 11.6 Å². The molecular weight excluding hydrogens is 292 g/mol. The molecule has 5 heteroatoms. The molecule has 1 unspecified atom stereocenters. The van der Waals surface area contributed by atoms with E-state index in [0.29, 0.717) is 0 Å². The number of rotatable bonds is 3. The van der Waals surface area contributed by atoms with Gasteiger partial charge < -0.3 is 5.11 Å². The van der Waals surface area contributed by atoms with Crippen molar-refractivity contribution in [2.45, 2.75) is 45.1 Å². The van der Waals surface area contributed by atoms with Crippen LogP contribution in [0.25, 0.3) is 0 Å². The second kappa shape index (κ2) is 5.46. The van der Waals surface area contributed by atoms with Crippen LogP contribution < -0.4 is 0 Å². The van der Waals surface area contributed by atoms with Crippen molar-refractivity contribution in [3.05, 3.63) is 51.5 Å². The Morgan fingerprint density at radius 1 is 1.10 bits per heavy atom. The summed E-state index contributed by atoms with van der Waals surface area (Å²) in [6, 6.07) is 3.10. The van der Waals surface area contributed by atoms with Crippen LogP contribution in [0.3, 0.4) is 0 Å². The van der Waals surface area contributed by atoms with Gasteiger partial charge >= 0.3 is 0 Å². The van der Waals surface area contributed by atoms with E-state index in [-0.39, 0.29) is 17.4 Å². The first kappa shape index (κ1) is 16.0. The van der Waals surface area contributed by atoms with Gasteiger partial charge in [0.05, 0.1) is 16.3 Å². The fraction of sp³-hybridized carbons (Fsp3) is 0.438. The Labute approximate surface area is 127 Å². The molecule has 0 aliphatic rings. The first-order valence-corrected chi connectivity index (χ1v) is 7.60. The molecule has 0 aliphatic carbocycles. The SMILES string of the molecule is CC(C)(C)c1csc(CC(C)(O)c2cc(F)cc(F)c2)n1. The molecular formula is C16H19F2NOS. The lowest BCUT2D eigenvalue weighted by Gasteiger charge is -2.23. The molecule has 21 heavy (non-hydrogen) atoms. The third kappa shape index (κ3) is 3.86. The highest BCUT2D eigenvalue weighted by atomic mass is 32.1. The fourth-order valence-corrected chi connectivity index (χ4v) is 3.17. The minimum absolute atomic E-state index is 0.0639. The first-order chi connectivity index (χ1) is 9.58. The minimum Gasteiger partial charge on any atom is -0.385 e. The lowest BCUT2D eigenvalue weighted by Crippen LogP contribution is -2.25. The van der Waals surface area contributed by atoms with Crippen molar-refractivity contribution in [3.8, 4) is 0 Å². The van der Waals surface area contributed by atoms with Crippen LogP contribution in [0.4, 0.5) is 8.78 Å². The summed E-state index contributed by atoms with van der Waals surface area (Å²) in [6.07, 6.45) is 0.219. The molecule has 0 aliphatic heterocycles. The molecule has 0 amide bonds. The van der Waals surface area contributed by atoms with Gasteiger partial charge in [0.15, 0.2) is 0 Å². The molecule has 0 saturated carbocycles. The van der Waals surface area contributed by atoms with E-state index in [9.17, 15) is 13.9 Å². The largest absolute Gasteiger partial charge is 0.385 e. The highest BCUT2D eigenvalue weighted by molar-refractivity contribution is 7.09. The molecule has 1 aromatic carbocycles. The van der Waals surface area contributed by atoms with Gasteiger partial charge in [-0.25, -0.2) is 13.8 Å². The maximum Gasteiger partial charge on any atom is 0.126 e. The Bertz CT molecular complexity index is 624. The second-order valence-corrected chi connectivity index (χ2v) is 7.43. The van der Waals surface area contributed by atoms with Crippen LogP contribution in [0.5, 0.6) is 0 Å². The summed E-state index contributed by atoms with van der Waals surface area (Å²) in [5.74, 6) is -1.39. The summed E-state index contributed by atoms with van der Waals surface area (Å²) in [6.45, 7) is 7.73. The van der Waals surface area contributed by atoms with Crippen LogP contribution in [-0.4, -0.2) is 10.1 Å². The summed E-state index contributed by atoms with van der Waals surface area (Å²) in [5, 5.41) is 13.2. The number of nitrogens with zero attached hydrogens (tertiary/aromatic N) is 1. The van der Waals surface area contributed by atoms with Crippen LogP contribution in [-0.2, 0) is 17.4 Å². The number of aromatic nitrogens is 1. The van der Waals surface area contributed by atoms with Crippen molar-refractivity contribution in [3.63, 3.8) is 0 Å². The smallest absolute Gasteiger partial charge is 0.126 e. The average Bonchev–Trinajstić information content (AvgIpc) is 2.75. The molecule has 0 fully saturated rings. The Morgan fingerprint density at radius 2 is 1.67 bits per heavy atom. The molecule has 1 N–H and O–H groups in total. The number of thiazole rings is 1. The highest BCUT2D eigenvalue weighted by Gasteiger charge is 2.27. The number of hydrogen-bond acceptors (Lipinski definition) is 3. The van der Waals surface area contributed by atoms with E-state index in [1.165, 1.54) is 11.3 Å². The van der Waals surface area contributed by atoms with Gasteiger partial charge in [-0.1, -0.05) is 20.8 Å². The molecule has 114 valence electrons. The topological polar surface area (TPSA) is 33.1 Å². The van der Waals surface area contributed by atoms with E-state index < -0.39 is 17.2 Å². The van der Waals surface area contributed by atoms with Crippen LogP contribution in [0.2, 0.25) is 0 Å². The van der Waals surface area contributed by atoms with Crippen molar-refractivity contribution in [1.82, 2.24) is 4.98 Å². The first-order valence-electron chi connectivity index (χ1n) is 6.72. The van der Waals surface area contributed by atoms with E-state index in [1.54, 1.807) is 6.92 Å². The number of halogens is 2. The third-order valence-electron chi connectivity index (χ3n) is 3.30. The van der Waals surface area contributed by atoms with E-state index in [4.69, 9.17) is 0 Å². The average molecular weight is 311 g/mol. The molecule has 1 aromatic heterocycles. The van der Waals surface area contributed by atoms with Crippen molar-refractivity contribution in [2.75, 3.05) is 0 Å². The standard InChI is InChI=1S/C16H19F2NOS/c1-15(2,3)13-9-21-14(19-13)8-16(4,20)10-5-11(17)7-12(18)6-10/h5-7,9,20H,8H2,1-4H3. The van der Waals surface area contributed by atoms with Gasteiger partial charge in [0.25, 0.3) is 0 Å². The summed E-state index contributed by atoms with van der Waals surface area (Å²) in [5.41, 5.74) is -0.266. The Kier molecular flexibility index (Phi) is 4.17. The zero-order valence-corrected chi connectivity index (χ0v) is 13.4. The zero-order chi connectivity index (χ0) is 15.8. The predicted molar refractivity (Wildman–Crippen MR) is 80.4 cm³/mol. The predicted octanol–water partition coefficient (Wildman–Crippen LogP) is 4.17. The molecule has 0 bridgehead atoms. The number of aliphatic hydroxyl groups is 1. The maximum absolute atomic E-state index is 13.3. The van der Waals surface area contributed by atoms with Gasteiger partial charge in [-0.2, -0.15) is 0 Å². The van der Waals surface area contributed by atoms with Crippen LogP contribution in [0.15, 0.2) is 23.6 Å². The van der Waals surface area contributed by atoms with Crippen LogP contribution in [0.1, 0.15) is 44.0 Å². The molecule has 1 atom stereocenters. The van der Waals surface area contributed by atoms with Gasteiger partial charge in [0.1, 0.15) is 11.6 Å². The van der Waals surface area contributed by atoms with Crippen molar-refractivity contribution in [2.24, 2.45) is 0 Å². The maximum atomic E-state index is 13.3. The van der Waals surface area contributed by atoms with Crippen LogP contribution >= 0.6 is 11.3 Å². The lowest BCUT2D eigenvalue weighted by molar-refractivity contribution is 0.0568. The van der Waals surface area contributed by atoms with Gasteiger partial charge in [0.2, 0.25) is 0 Å². The van der Waals surface area contributed by atoms with E-state index in [0.717, 1.165) is 28.9 Å². The summed E-state index contributed by atoms with van der Waals surface area (Å²) in [4.78, 5) is 4.51. The Morgan fingerprint density at radius 3 is 2.14 bits per heavy atom. The second-order valence-electron chi connectivity index (χ2n) is 6.49. The highest BCUT2D eigenvalue weighted by Crippen LogP contribution is 2.30. The monoisotopic (exact) mass is 311 g/mol. The number of hydrogen-bond donors (Lipinski definition) is 1.